The SMILES string of the molecule is C=C(CC(C)(CC)C(N=C(c1ccccc1)C(C)CC)c1ccccc1)n1c2cccc(-c3cccc(-c4ccc5oc6ccccc6c5c4)c3)c2c2c3c(ccc21)CCC=C3. The van der Waals surface area contributed by atoms with Crippen LogP contribution in [0.3, 0.4) is 0 Å². The number of nitrogens with zero attached hydrogens (tertiary/aromatic N) is 2. The zero-order valence-corrected chi connectivity index (χ0v) is 36.4. The van der Waals surface area contributed by atoms with E-state index in [0.717, 1.165) is 59.7 Å². The van der Waals surface area contributed by atoms with Crippen molar-refractivity contribution in [3.63, 3.8) is 0 Å². The third kappa shape index (κ3) is 6.90. The van der Waals surface area contributed by atoms with Crippen LogP contribution in [0, 0.1) is 11.3 Å². The van der Waals surface area contributed by atoms with Crippen LogP contribution in [0.4, 0.5) is 0 Å². The van der Waals surface area contributed by atoms with Crippen molar-refractivity contribution in [2.45, 2.75) is 65.8 Å². The number of aliphatic imine (C=N–C) groups is 1. The van der Waals surface area contributed by atoms with Crippen LogP contribution in [0.2, 0.25) is 0 Å². The molecule has 0 amide bonds. The third-order valence-electron chi connectivity index (χ3n) is 13.8. The molecule has 0 N–H and O–H groups in total. The van der Waals surface area contributed by atoms with E-state index in [1.54, 1.807) is 0 Å². The highest BCUT2D eigenvalue weighted by atomic mass is 16.3. The summed E-state index contributed by atoms with van der Waals surface area (Å²) in [6.07, 6.45) is 9.54. The molecule has 0 radical (unpaired) electrons. The van der Waals surface area contributed by atoms with Gasteiger partial charge in [-0.1, -0.05) is 168 Å². The molecule has 2 heterocycles. The summed E-state index contributed by atoms with van der Waals surface area (Å²) in [6.45, 7) is 14.3. The fraction of sp³-hybridized carbons (Fsp3) is 0.203. The van der Waals surface area contributed by atoms with E-state index in [4.69, 9.17) is 16.0 Å². The van der Waals surface area contributed by atoms with Crippen LogP contribution < -0.4 is 0 Å². The van der Waals surface area contributed by atoms with Gasteiger partial charge in [-0.25, -0.2) is 0 Å². The topological polar surface area (TPSA) is 30.4 Å². The Balaban J connectivity index is 1.12. The zero-order chi connectivity index (χ0) is 42.4. The molecule has 1 aliphatic rings. The Morgan fingerprint density at radius 2 is 1.42 bits per heavy atom. The van der Waals surface area contributed by atoms with Gasteiger partial charge in [0.05, 0.1) is 17.1 Å². The highest BCUT2D eigenvalue weighted by molar-refractivity contribution is 6.19. The summed E-state index contributed by atoms with van der Waals surface area (Å²) in [5, 5.41) is 4.87. The summed E-state index contributed by atoms with van der Waals surface area (Å²) < 4.78 is 8.67. The molecule has 0 spiro atoms. The van der Waals surface area contributed by atoms with Gasteiger partial charge >= 0.3 is 0 Å². The number of furan rings is 1. The van der Waals surface area contributed by atoms with Gasteiger partial charge in [-0.3, -0.25) is 4.99 Å². The minimum Gasteiger partial charge on any atom is -0.456 e. The summed E-state index contributed by atoms with van der Waals surface area (Å²) in [7, 11) is 0. The molecular formula is C59H54N2O. The smallest absolute Gasteiger partial charge is 0.135 e. The van der Waals surface area contributed by atoms with Gasteiger partial charge < -0.3 is 8.98 Å². The van der Waals surface area contributed by atoms with Crippen molar-refractivity contribution >= 4 is 61.2 Å². The Bertz CT molecular complexity index is 3180. The van der Waals surface area contributed by atoms with Crippen molar-refractivity contribution in [2.24, 2.45) is 16.3 Å². The number of para-hydroxylation sites is 1. The number of hydrogen-bond donors (Lipinski definition) is 0. The number of rotatable bonds is 12. The first-order valence-corrected chi connectivity index (χ1v) is 22.5. The third-order valence-corrected chi connectivity index (χ3v) is 13.8. The number of aryl methyl sites for hydroxylation is 1. The number of allylic oxidation sites excluding steroid dienone is 2. The number of benzene rings is 7. The van der Waals surface area contributed by atoms with Gasteiger partial charge in [-0.05, 0) is 124 Å². The largest absolute Gasteiger partial charge is 0.456 e. The van der Waals surface area contributed by atoms with Crippen molar-refractivity contribution in [1.29, 1.82) is 0 Å². The second-order valence-electron chi connectivity index (χ2n) is 17.7. The van der Waals surface area contributed by atoms with Crippen molar-refractivity contribution in [2.75, 3.05) is 0 Å². The summed E-state index contributed by atoms with van der Waals surface area (Å²) >= 11 is 0. The van der Waals surface area contributed by atoms with E-state index < -0.39 is 0 Å². The summed E-state index contributed by atoms with van der Waals surface area (Å²) in [5.41, 5.74) is 16.2. The molecule has 3 atom stereocenters. The second kappa shape index (κ2) is 16.3. The van der Waals surface area contributed by atoms with Crippen LogP contribution in [0.15, 0.2) is 180 Å². The minimum absolute atomic E-state index is 0.0731. The van der Waals surface area contributed by atoms with Crippen molar-refractivity contribution in [3.8, 4) is 22.3 Å². The van der Waals surface area contributed by atoms with E-state index >= 15 is 0 Å². The molecule has 0 fully saturated rings. The van der Waals surface area contributed by atoms with E-state index in [2.05, 4.69) is 190 Å². The molecule has 2 aromatic heterocycles. The van der Waals surface area contributed by atoms with Gasteiger partial charge in [0.25, 0.3) is 0 Å². The van der Waals surface area contributed by atoms with Crippen LogP contribution in [0.25, 0.3) is 77.8 Å². The standard InChI is InChI=1S/C59H54N2O/c1-6-39(3)57(42-21-10-8-11-22-42)60-58(43-23-12-9-13-24-43)59(5,7-2)38-40(4)61-51-30-19-29-48(56(51)55-47-27-15-14-20-41(47)32-34-52(55)61)46-26-18-25-44(36-46)45-33-35-54-50(37-45)49-28-16-17-31-53(49)62-54/h8-13,15-19,21-37,39,58H,4,6-7,14,20,38H2,1-3,5H3. The van der Waals surface area contributed by atoms with Gasteiger partial charge in [0.1, 0.15) is 11.2 Å². The lowest BCUT2D eigenvalue weighted by molar-refractivity contribution is 0.251. The number of aromatic nitrogens is 1. The molecule has 306 valence electrons. The Hall–Kier alpha value is -6.71. The minimum atomic E-state index is -0.240. The highest BCUT2D eigenvalue weighted by Crippen LogP contribution is 2.49. The molecule has 3 heteroatoms. The molecule has 0 aliphatic heterocycles. The predicted octanol–water partition coefficient (Wildman–Crippen LogP) is 16.5. The lowest BCUT2D eigenvalue weighted by Crippen LogP contribution is -2.27. The average molecular weight is 807 g/mol. The van der Waals surface area contributed by atoms with E-state index in [0.29, 0.717) is 5.92 Å². The lowest BCUT2D eigenvalue weighted by Gasteiger charge is -2.37. The first kappa shape index (κ1) is 39.4. The molecule has 0 saturated carbocycles. The molecule has 9 aromatic rings. The molecule has 3 unspecified atom stereocenters. The normalized spacial score (nSPS) is 14.9. The van der Waals surface area contributed by atoms with Crippen LogP contribution in [-0.2, 0) is 6.42 Å². The molecular weight excluding hydrogens is 753 g/mol. The van der Waals surface area contributed by atoms with Crippen LogP contribution in [0.1, 0.15) is 81.7 Å². The molecule has 10 rings (SSSR count). The monoisotopic (exact) mass is 806 g/mol. The fourth-order valence-electron chi connectivity index (χ4n) is 10.1. The average Bonchev–Trinajstić information content (AvgIpc) is 3.88. The summed E-state index contributed by atoms with van der Waals surface area (Å²) in [6, 6.07) is 57.2. The molecule has 0 saturated heterocycles. The van der Waals surface area contributed by atoms with Gasteiger partial charge in [0, 0.05) is 33.0 Å². The maximum atomic E-state index is 6.19. The van der Waals surface area contributed by atoms with Crippen LogP contribution in [0.5, 0.6) is 0 Å². The Kier molecular flexibility index (Phi) is 10.4. The number of hydrogen-bond acceptors (Lipinski definition) is 2. The molecule has 62 heavy (non-hydrogen) atoms. The van der Waals surface area contributed by atoms with E-state index in [1.165, 1.54) is 72.0 Å². The Morgan fingerprint density at radius 3 is 2.23 bits per heavy atom. The fourth-order valence-corrected chi connectivity index (χ4v) is 10.1. The van der Waals surface area contributed by atoms with Crippen LogP contribution in [-0.4, -0.2) is 10.3 Å². The predicted molar refractivity (Wildman–Crippen MR) is 265 cm³/mol. The van der Waals surface area contributed by atoms with Crippen molar-refractivity contribution in [1.82, 2.24) is 4.57 Å². The van der Waals surface area contributed by atoms with Crippen LogP contribution >= 0.6 is 0 Å². The van der Waals surface area contributed by atoms with Gasteiger partial charge in [-0.15, -0.1) is 0 Å². The highest BCUT2D eigenvalue weighted by Gasteiger charge is 2.36. The molecule has 3 nitrogen and oxygen atoms in total. The maximum absolute atomic E-state index is 6.19. The van der Waals surface area contributed by atoms with Crippen molar-refractivity contribution in [3.05, 3.63) is 193 Å². The number of fused-ring (bicyclic) bond motifs is 8. The Labute approximate surface area is 365 Å². The summed E-state index contributed by atoms with van der Waals surface area (Å²) in [4.78, 5) is 5.81. The lowest BCUT2D eigenvalue weighted by atomic mass is 9.73. The quantitative estimate of drug-likeness (QED) is 0.113. The first-order chi connectivity index (χ1) is 30.3. The van der Waals surface area contributed by atoms with E-state index in [9.17, 15) is 0 Å². The molecule has 7 aromatic carbocycles. The zero-order valence-electron chi connectivity index (χ0n) is 36.4. The molecule has 0 bridgehead atoms. The maximum Gasteiger partial charge on any atom is 0.135 e. The van der Waals surface area contributed by atoms with Crippen molar-refractivity contribution < 1.29 is 4.42 Å². The first-order valence-electron chi connectivity index (χ1n) is 22.5. The summed E-state index contributed by atoms with van der Waals surface area (Å²) in [5.74, 6) is 0.315. The van der Waals surface area contributed by atoms with Gasteiger partial charge in [0.2, 0.25) is 0 Å². The van der Waals surface area contributed by atoms with E-state index in [1.807, 2.05) is 12.1 Å². The second-order valence-corrected chi connectivity index (χ2v) is 17.7. The van der Waals surface area contributed by atoms with Gasteiger partial charge in [-0.2, -0.15) is 0 Å². The van der Waals surface area contributed by atoms with E-state index in [-0.39, 0.29) is 11.5 Å². The van der Waals surface area contributed by atoms with Gasteiger partial charge in [0.15, 0.2) is 0 Å². The Morgan fingerprint density at radius 1 is 0.710 bits per heavy atom. The molecule has 1 aliphatic carbocycles.